The third-order valence-electron chi connectivity index (χ3n) is 7.18. The zero-order chi connectivity index (χ0) is 24.2. The number of benzene rings is 1. The van der Waals surface area contributed by atoms with Gasteiger partial charge in [0, 0.05) is 55.6 Å². The first-order valence-corrected chi connectivity index (χ1v) is 13.7. The number of hydrogen-bond acceptors (Lipinski definition) is 7. The van der Waals surface area contributed by atoms with E-state index in [1.54, 1.807) is 0 Å². The standard InChI is InChI=1S/C27H35N5O2S/c1-19-15-21-9-5-10-29-24(21)25(26(19)34-17-23(28)33)32-12-6-11-31(13-14-32)16-22-18-35-27(30-22)20-7-3-2-4-8-20/h5,9-10,15,18,20H,2-4,6-8,11-14,16-17H2,1H3,(H2,28,33). The van der Waals surface area contributed by atoms with Crippen molar-refractivity contribution < 1.29 is 9.53 Å². The van der Waals surface area contributed by atoms with E-state index in [1.807, 2.05) is 30.5 Å². The highest BCUT2D eigenvalue weighted by Crippen LogP contribution is 2.39. The Labute approximate surface area is 211 Å². The average molecular weight is 494 g/mol. The SMILES string of the molecule is Cc1cc2cccnc2c(N2CCCN(Cc3csc(C4CCCCC4)n3)CC2)c1OCC(N)=O. The Hall–Kier alpha value is -2.71. The number of ether oxygens (including phenoxy) is 1. The fourth-order valence-electron chi connectivity index (χ4n) is 5.46. The minimum atomic E-state index is -0.477. The van der Waals surface area contributed by atoms with Crippen molar-refractivity contribution in [2.75, 3.05) is 37.7 Å². The van der Waals surface area contributed by atoms with Gasteiger partial charge in [-0.2, -0.15) is 0 Å². The van der Waals surface area contributed by atoms with Crippen molar-refractivity contribution in [3.8, 4) is 5.75 Å². The Morgan fingerprint density at radius 1 is 1.17 bits per heavy atom. The van der Waals surface area contributed by atoms with Crippen LogP contribution in [0.2, 0.25) is 0 Å². The van der Waals surface area contributed by atoms with Crippen molar-refractivity contribution >= 4 is 33.8 Å². The number of nitrogens with zero attached hydrogens (tertiary/aromatic N) is 4. The molecule has 2 fully saturated rings. The van der Waals surface area contributed by atoms with Gasteiger partial charge in [0.15, 0.2) is 6.61 Å². The zero-order valence-electron chi connectivity index (χ0n) is 20.5. The molecule has 0 radical (unpaired) electrons. The van der Waals surface area contributed by atoms with Crippen LogP contribution in [0.1, 0.15) is 60.7 Å². The fraction of sp³-hybridized carbons (Fsp3) is 0.519. The van der Waals surface area contributed by atoms with Crippen molar-refractivity contribution in [1.29, 1.82) is 0 Å². The summed E-state index contributed by atoms with van der Waals surface area (Å²) < 4.78 is 5.94. The minimum Gasteiger partial charge on any atom is -0.481 e. The van der Waals surface area contributed by atoms with E-state index in [9.17, 15) is 4.79 Å². The second-order valence-electron chi connectivity index (χ2n) is 9.83. The van der Waals surface area contributed by atoms with Crippen molar-refractivity contribution in [3.63, 3.8) is 0 Å². The van der Waals surface area contributed by atoms with Crippen LogP contribution in [0.5, 0.6) is 5.75 Å². The summed E-state index contributed by atoms with van der Waals surface area (Å²) >= 11 is 1.85. The number of carbonyl (C=O) groups is 1. The Bertz CT molecular complexity index is 1170. The average Bonchev–Trinajstić information content (AvgIpc) is 3.21. The lowest BCUT2D eigenvalue weighted by Crippen LogP contribution is -2.31. The van der Waals surface area contributed by atoms with Crippen LogP contribution in [-0.4, -0.2) is 53.6 Å². The van der Waals surface area contributed by atoms with Crippen LogP contribution < -0.4 is 15.4 Å². The van der Waals surface area contributed by atoms with E-state index >= 15 is 0 Å². The van der Waals surface area contributed by atoms with Gasteiger partial charge in [0.2, 0.25) is 0 Å². The first-order chi connectivity index (χ1) is 17.1. The molecule has 1 aliphatic carbocycles. The maximum Gasteiger partial charge on any atom is 0.255 e. The van der Waals surface area contributed by atoms with Gasteiger partial charge in [-0.15, -0.1) is 11.3 Å². The Kier molecular flexibility index (Phi) is 7.48. The second kappa shape index (κ2) is 10.9. The first-order valence-electron chi connectivity index (χ1n) is 12.8. The molecule has 2 N–H and O–H groups in total. The van der Waals surface area contributed by atoms with E-state index < -0.39 is 5.91 Å². The number of amides is 1. The largest absolute Gasteiger partial charge is 0.481 e. The van der Waals surface area contributed by atoms with Gasteiger partial charge in [-0.3, -0.25) is 14.7 Å². The van der Waals surface area contributed by atoms with E-state index in [0.717, 1.165) is 61.3 Å². The van der Waals surface area contributed by atoms with Gasteiger partial charge in [0.05, 0.1) is 16.2 Å². The van der Waals surface area contributed by atoms with Crippen LogP contribution in [0.15, 0.2) is 29.8 Å². The van der Waals surface area contributed by atoms with Crippen LogP contribution in [0.25, 0.3) is 10.9 Å². The van der Waals surface area contributed by atoms with E-state index in [1.165, 1.54) is 42.8 Å². The Morgan fingerprint density at radius 2 is 2.03 bits per heavy atom. The molecular formula is C27H35N5O2S. The number of thiazole rings is 1. The number of aromatic nitrogens is 2. The molecule has 1 amide bonds. The van der Waals surface area contributed by atoms with Crippen molar-refractivity contribution in [1.82, 2.24) is 14.9 Å². The Morgan fingerprint density at radius 3 is 2.86 bits per heavy atom. The van der Waals surface area contributed by atoms with Gasteiger partial charge < -0.3 is 15.4 Å². The molecule has 3 aromatic rings. The molecular weight excluding hydrogens is 458 g/mol. The third-order valence-corrected chi connectivity index (χ3v) is 8.24. The molecule has 3 heterocycles. The smallest absolute Gasteiger partial charge is 0.255 e. The first kappa shape index (κ1) is 24.0. The lowest BCUT2D eigenvalue weighted by Gasteiger charge is -2.27. The van der Waals surface area contributed by atoms with E-state index in [4.69, 9.17) is 15.5 Å². The second-order valence-corrected chi connectivity index (χ2v) is 10.7. The fourth-order valence-corrected chi connectivity index (χ4v) is 6.44. The molecule has 7 nitrogen and oxygen atoms in total. The number of anilines is 1. The highest BCUT2D eigenvalue weighted by Gasteiger charge is 2.24. The number of hydrogen-bond donors (Lipinski definition) is 1. The summed E-state index contributed by atoms with van der Waals surface area (Å²) in [4.78, 5) is 26.1. The highest BCUT2D eigenvalue weighted by molar-refractivity contribution is 7.09. The van der Waals surface area contributed by atoms with E-state index in [0.29, 0.717) is 11.7 Å². The molecule has 8 heteroatoms. The van der Waals surface area contributed by atoms with E-state index in [2.05, 4.69) is 32.3 Å². The molecule has 35 heavy (non-hydrogen) atoms. The number of primary amides is 1. The maximum atomic E-state index is 11.5. The topological polar surface area (TPSA) is 84.6 Å². The summed E-state index contributed by atoms with van der Waals surface area (Å²) in [6.45, 7) is 6.51. The molecule has 1 aliphatic heterocycles. The predicted octanol–water partition coefficient (Wildman–Crippen LogP) is 4.62. The van der Waals surface area contributed by atoms with Gasteiger partial charge in [0.1, 0.15) is 11.4 Å². The van der Waals surface area contributed by atoms with Crippen LogP contribution in [0.3, 0.4) is 0 Å². The molecule has 2 aromatic heterocycles. The number of aryl methyl sites for hydroxylation is 1. The molecule has 1 aromatic carbocycles. The summed E-state index contributed by atoms with van der Waals surface area (Å²) in [6, 6.07) is 6.10. The molecule has 5 rings (SSSR count). The normalized spacial score (nSPS) is 18.0. The number of carbonyl (C=O) groups excluding carboxylic acids is 1. The summed E-state index contributed by atoms with van der Waals surface area (Å²) in [5, 5.41) is 4.68. The molecule has 0 spiro atoms. The van der Waals surface area contributed by atoms with Gasteiger partial charge in [-0.1, -0.05) is 25.3 Å². The lowest BCUT2D eigenvalue weighted by molar-refractivity contribution is -0.119. The highest BCUT2D eigenvalue weighted by atomic mass is 32.1. The van der Waals surface area contributed by atoms with E-state index in [-0.39, 0.29) is 6.61 Å². The molecule has 0 unspecified atom stereocenters. The molecule has 0 bridgehead atoms. The van der Waals surface area contributed by atoms with Crippen LogP contribution in [0.4, 0.5) is 5.69 Å². The van der Waals surface area contributed by atoms with Crippen molar-refractivity contribution in [3.05, 3.63) is 46.0 Å². The minimum absolute atomic E-state index is 0.140. The van der Waals surface area contributed by atoms with Crippen LogP contribution in [0, 0.1) is 6.92 Å². The lowest BCUT2D eigenvalue weighted by atomic mass is 9.90. The summed E-state index contributed by atoms with van der Waals surface area (Å²) in [5.74, 6) is 0.900. The quantitative estimate of drug-likeness (QED) is 0.517. The molecule has 1 saturated heterocycles. The third kappa shape index (κ3) is 5.59. The van der Waals surface area contributed by atoms with Gasteiger partial charge in [-0.05, 0) is 43.9 Å². The molecule has 1 saturated carbocycles. The van der Waals surface area contributed by atoms with Crippen molar-refractivity contribution in [2.24, 2.45) is 5.73 Å². The molecule has 186 valence electrons. The van der Waals surface area contributed by atoms with Gasteiger partial charge in [0.25, 0.3) is 5.91 Å². The predicted molar refractivity (Wildman–Crippen MR) is 141 cm³/mol. The van der Waals surface area contributed by atoms with Crippen molar-refractivity contribution in [2.45, 2.75) is 57.9 Å². The summed E-state index contributed by atoms with van der Waals surface area (Å²) in [6.07, 6.45) is 9.51. The number of pyridine rings is 1. The summed E-state index contributed by atoms with van der Waals surface area (Å²) in [7, 11) is 0. The van der Waals surface area contributed by atoms with Gasteiger partial charge in [-0.25, -0.2) is 4.98 Å². The van der Waals surface area contributed by atoms with Crippen LogP contribution in [-0.2, 0) is 11.3 Å². The summed E-state index contributed by atoms with van der Waals surface area (Å²) in [5.41, 5.74) is 9.46. The van der Waals surface area contributed by atoms with Gasteiger partial charge >= 0.3 is 0 Å². The maximum absolute atomic E-state index is 11.5. The molecule has 0 atom stereocenters. The molecule has 2 aliphatic rings. The van der Waals surface area contributed by atoms with Crippen LogP contribution >= 0.6 is 11.3 Å². The number of nitrogens with two attached hydrogens (primary N) is 1. The number of fused-ring (bicyclic) bond motifs is 1. The Balaban J connectivity index is 1.32. The number of rotatable bonds is 7. The monoisotopic (exact) mass is 493 g/mol. The zero-order valence-corrected chi connectivity index (χ0v) is 21.4.